The number of rotatable bonds is 6. The molecule has 7 heteroatoms. The van der Waals surface area contributed by atoms with Crippen LogP contribution in [0.4, 0.5) is 0 Å². The molecule has 112 valence electrons. The van der Waals surface area contributed by atoms with E-state index in [0.717, 1.165) is 12.8 Å². The minimum atomic E-state index is -0.173. The number of hydrogen-bond donors (Lipinski definition) is 2. The number of nitrogens with two attached hydrogens (primary N) is 1. The molecule has 2 rings (SSSR count). The zero-order valence-electron chi connectivity index (χ0n) is 10.8. The van der Waals surface area contributed by atoms with Crippen molar-refractivity contribution in [2.75, 3.05) is 13.2 Å². The second kappa shape index (κ2) is 7.93. The Bertz CT molecular complexity index is 467. The highest BCUT2D eigenvalue weighted by molar-refractivity contribution is 6.42. The molecule has 4 nitrogen and oxygen atoms in total. The molecule has 0 aromatic heterocycles. The zero-order chi connectivity index (χ0) is 13.8. The summed E-state index contributed by atoms with van der Waals surface area (Å²) >= 11 is 11.6. The third-order valence-electron chi connectivity index (χ3n) is 3.05. The van der Waals surface area contributed by atoms with Gasteiger partial charge in [0.1, 0.15) is 5.75 Å². The number of ether oxygens (including phenoxy) is 1. The van der Waals surface area contributed by atoms with E-state index in [1.807, 2.05) is 0 Å². The third-order valence-corrected chi connectivity index (χ3v) is 3.79. The second-order valence-electron chi connectivity index (χ2n) is 4.61. The lowest BCUT2D eigenvalue weighted by Gasteiger charge is -2.16. The predicted molar refractivity (Wildman–Crippen MR) is 82.9 cm³/mol. The van der Waals surface area contributed by atoms with Crippen LogP contribution < -0.4 is 15.8 Å². The summed E-state index contributed by atoms with van der Waals surface area (Å²) in [5.41, 5.74) is 5.62. The fraction of sp³-hybridized carbons (Fsp3) is 0.462. The number of amides is 1. The summed E-state index contributed by atoms with van der Waals surface area (Å²) < 4.78 is 5.35. The van der Waals surface area contributed by atoms with Crippen molar-refractivity contribution in [3.8, 4) is 5.75 Å². The van der Waals surface area contributed by atoms with Gasteiger partial charge in [-0.05, 0) is 30.9 Å². The van der Waals surface area contributed by atoms with Gasteiger partial charge in [-0.3, -0.25) is 4.79 Å². The highest BCUT2D eigenvalue weighted by atomic mass is 35.5. The van der Waals surface area contributed by atoms with Gasteiger partial charge in [0.05, 0.1) is 10.0 Å². The molecule has 0 aliphatic heterocycles. The van der Waals surface area contributed by atoms with Crippen LogP contribution in [0, 0.1) is 5.92 Å². The Balaban J connectivity index is 0.00000200. The highest BCUT2D eigenvalue weighted by Gasteiger charge is 2.31. The minimum Gasteiger partial charge on any atom is -0.484 e. The molecule has 1 saturated carbocycles. The Hall–Kier alpha value is -0.680. The Morgan fingerprint density at radius 2 is 2.10 bits per heavy atom. The van der Waals surface area contributed by atoms with E-state index >= 15 is 0 Å². The summed E-state index contributed by atoms with van der Waals surface area (Å²) in [6, 6.07) is 4.94. The second-order valence-corrected chi connectivity index (χ2v) is 5.43. The van der Waals surface area contributed by atoms with Gasteiger partial charge >= 0.3 is 0 Å². The molecule has 1 amide bonds. The molecule has 1 fully saturated rings. The van der Waals surface area contributed by atoms with Gasteiger partial charge in [-0.25, -0.2) is 0 Å². The molecule has 1 atom stereocenters. The summed E-state index contributed by atoms with van der Waals surface area (Å²) in [6.07, 6.45) is 2.27. The molecule has 0 saturated heterocycles. The van der Waals surface area contributed by atoms with Gasteiger partial charge in [-0.1, -0.05) is 23.2 Å². The van der Waals surface area contributed by atoms with Gasteiger partial charge < -0.3 is 15.8 Å². The van der Waals surface area contributed by atoms with E-state index in [1.165, 1.54) is 0 Å². The SMILES string of the molecule is Cl.NCC(NC(=O)COc1ccc(Cl)c(Cl)c1)C1CC1. The average molecular weight is 340 g/mol. The Morgan fingerprint density at radius 3 is 2.65 bits per heavy atom. The minimum absolute atomic E-state index is 0. The monoisotopic (exact) mass is 338 g/mol. The Kier molecular flexibility index (Phi) is 6.89. The van der Waals surface area contributed by atoms with Crippen LogP contribution in [0.5, 0.6) is 5.75 Å². The molecule has 1 aliphatic rings. The fourth-order valence-electron chi connectivity index (χ4n) is 1.83. The maximum Gasteiger partial charge on any atom is 0.258 e. The molecule has 1 aromatic rings. The molecular weight excluding hydrogens is 323 g/mol. The maximum atomic E-state index is 11.7. The van der Waals surface area contributed by atoms with E-state index in [1.54, 1.807) is 18.2 Å². The van der Waals surface area contributed by atoms with Crippen molar-refractivity contribution in [1.82, 2.24) is 5.32 Å². The number of nitrogens with one attached hydrogen (secondary N) is 1. The van der Waals surface area contributed by atoms with E-state index in [2.05, 4.69) is 5.32 Å². The van der Waals surface area contributed by atoms with Gasteiger partial charge in [0.25, 0.3) is 5.91 Å². The van der Waals surface area contributed by atoms with Crippen molar-refractivity contribution in [2.24, 2.45) is 11.7 Å². The normalized spacial score (nSPS) is 15.2. The van der Waals surface area contributed by atoms with Crippen molar-refractivity contribution in [3.05, 3.63) is 28.2 Å². The van der Waals surface area contributed by atoms with Crippen LogP contribution >= 0.6 is 35.6 Å². The van der Waals surface area contributed by atoms with E-state index in [9.17, 15) is 4.79 Å². The van der Waals surface area contributed by atoms with Crippen LogP contribution in [-0.2, 0) is 4.79 Å². The molecule has 0 radical (unpaired) electrons. The number of carbonyl (C=O) groups excluding carboxylic acids is 1. The number of hydrogen-bond acceptors (Lipinski definition) is 3. The summed E-state index contributed by atoms with van der Waals surface area (Å²) in [5, 5.41) is 3.73. The van der Waals surface area contributed by atoms with Crippen molar-refractivity contribution < 1.29 is 9.53 Å². The first kappa shape index (κ1) is 17.4. The molecule has 1 aromatic carbocycles. The molecule has 20 heavy (non-hydrogen) atoms. The summed E-state index contributed by atoms with van der Waals surface area (Å²) in [4.78, 5) is 11.7. The van der Waals surface area contributed by atoms with E-state index < -0.39 is 0 Å². The zero-order valence-corrected chi connectivity index (χ0v) is 13.1. The van der Waals surface area contributed by atoms with Crippen LogP contribution in [-0.4, -0.2) is 25.1 Å². The first-order chi connectivity index (χ1) is 9.10. The molecule has 3 N–H and O–H groups in total. The van der Waals surface area contributed by atoms with E-state index in [-0.39, 0.29) is 31.0 Å². The van der Waals surface area contributed by atoms with Gasteiger partial charge in [-0.15, -0.1) is 12.4 Å². The summed E-state index contributed by atoms with van der Waals surface area (Å²) in [7, 11) is 0. The van der Waals surface area contributed by atoms with E-state index in [4.69, 9.17) is 33.7 Å². The van der Waals surface area contributed by atoms with Crippen LogP contribution in [0.25, 0.3) is 0 Å². The lowest BCUT2D eigenvalue weighted by molar-refractivity contribution is -0.123. The van der Waals surface area contributed by atoms with Gasteiger partial charge in [0, 0.05) is 18.7 Å². The van der Waals surface area contributed by atoms with Crippen LogP contribution in [0.2, 0.25) is 10.0 Å². The molecule has 1 aliphatic carbocycles. The van der Waals surface area contributed by atoms with Crippen LogP contribution in [0.1, 0.15) is 12.8 Å². The van der Waals surface area contributed by atoms with Crippen LogP contribution in [0.15, 0.2) is 18.2 Å². The fourth-order valence-corrected chi connectivity index (χ4v) is 2.12. The maximum absolute atomic E-state index is 11.7. The van der Waals surface area contributed by atoms with Crippen LogP contribution in [0.3, 0.4) is 0 Å². The largest absolute Gasteiger partial charge is 0.484 e. The summed E-state index contributed by atoms with van der Waals surface area (Å²) in [5.74, 6) is 0.868. The summed E-state index contributed by atoms with van der Waals surface area (Å²) in [6.45, 7) is 0.407. The molecule has 1 unspecified atom stereocenters. The smallest absolute Gasteiger partial charge is 0.258 e. The topological polar surface area (TPSA) is 64.3 Å². The number of benzene rings is 1. The quantitative estimate of drug-likeness (QED) is 0.837. The molecular formula is C13H17Cl3N2O2. The first-order valence-electron chi connectivity index (χ1n) is 6.17. The molecule has 0 spiro atoms. The lowest BCUT2D eigenvalue weighted by Crippen LogP contribution is -2.43. The number of carbonyl (C=O) groups is 1. The first-order valence-corrected chi connectivity index (χ1v) is 6.93. The molecule has 0 heterocycles. The third kappa shape index (κ3) is 5.02. The Labute approximate surface area is 134 Å². The molecule has 0 bridgehead atoms. The van der Waals surface area contributed by atoms with Crippen molar-refractivity contribution in [2.45, 2.75) is 18.9 Å². The lowest BCUT2D eigenvalue weighted by atomic mass is 10.2. The van der Waals surface area contributed by atoms with Crippen molar-refractivity contribution in [3.63, 3.8) is 0 Å². The average Bonchev–Trinajstić information content (AvgIpc) is 3.21. The number of halogens is 3. The van der Waals surface area contributed by atoms with Crippen molar-refractivity contribution >= 4 is 41.5 Å². The predicted octanol–water partition coefficient (Wildman–Crippen LogP) is 2.65. The highest BCUT2D eigenvalue weighted by Crippen LogP contribution is 2.32. The standard InChI is InChI=1S/C13H16Cl2N2O2.ClH/c14-10-4-3-9(5-11(10)15)19-7-13(18)17-12(6-16)8-1-2-8;/h3-5,8,12H,1-2,6-7,16H2,(H,17,18);1H. The van der Waals surface area contributed by atoms with Crippen molar-refractivity contribution in [1.29, 1.82) is 0 Å². The van der Waals surface area contributed by atoms with Gasteiger partial charge in [0.15, 0.2) is 6.61 Å². The van der Waals surface area contributed by atoms with Gasteiger partial charge in [-0.2, -0.15) is 0 Å². The Morgan fingerprint density at radius 1 is 1.40 bits per heavy atom. The van der Waals surface area contributed by atoms with Gasteiger partial charge in [0.2, 0.25) is 0 Å². The van der Waals surface area contributed by atoms with E-state index in [0.29, 0.717) is 28.3 Å².